The van der Waals surface area contributed by atoms with Gasteiger partial charge in [0.05, 0.1) is 16.6 Å². The van der Waals surface area contributed by atoms with Gasteiger partial charge in [0.15, 0.2) is 0 Å². The molecule has 1 aromatic carbocycles. The molecule has 1 aliphatic rings. The quantitative estimate of drug-likeness (QED) is 0.784. The van der Waals surface area contributed by atoms with Crippen LogP contribution in [0.1, 0.15) is 35.7 Å². The fourth-order valence-electron chi connectivity index (χ4n) is 2.59. The smallest absolute Gasteiger partial charge is 0.342 e. The van der Waals surface area contributed by atoms with Crippen LogP contribution in [0.2, 0.25) is 0 Å². The van der Waals surface area contributed by atoms with Crippen molar-refractivity contribution in [3.05, 3.63) is 29.1 Å². The Balaban J connectivity index is 2.16. The van der Waals surface area contributed by atoms with Crippen molar-refractivity contribution in [2.24, 2.45) is 5.73 Å². The summed E-state index contributed by atoms with van der Waals surface area (Å²) < 4.78 is 77.3. The van der Waals surface area contributed by atoms with Gasteiger partial charge in [-0.15, -0.1) is 0 Å². The monoisotopic (exact) mass is 323 g/mol. The number of aromatic nitrogens is 2. The third-order valence-corrected chi connectivity index (χ3v) is 3.80. The standard InChI is InChI=1S/C13H11F6N3/c14-12(15,16)6-3-8(13(17,18)19)10-9(4-6)21-11(22-10)5-1-7(20)2-5/h3-5,7H,1-2,20H2,(H,21,22)/t5-,7-. The van der Waals surface area contributed by atoms with Gasteiger partial charge in [0, 0.05) is 12.0 Å². The summed E-state index contributed by atoms with van der Waals surface area (Å²) in [5.41, 5.74) is 2.11. The molecule has 0 unspecified atom stereocenters. The Morgan fingerprint density at radius 2 is 1.68 bits per heavy atom. The number of nitrogens with zero attached hydrogens (tertiary/aromatic N) is 1. The number of aromatic amines is 1. The summed E-state index contributed by atoms with van der Waals surface area (Å²) in [7, 11) is 0. The lowest BCUT2D eigenvalue weighted by Gasteiger charge is -2.30. The molecule has 0 bridgehead atoms. The molecule has 1 saturated carbocycles. The Bertz CT molecular complexity index is 709. The van der Waals surface area contributed by atoms with Gasteiger partial charge in [0.25, 0.3) is 0 Å². The number of rotatable bonds is 1. The molecule has 2 aromatic rings. The molecule has 3 N–H and O–H groups in total. The summed E-state index contributed by atoms with van der Waals surface area (Å²) in [6.07, 6.45) is -8.68. The molecule has 0 aliphatic heterocycles. The number of benzene rings is 1. The van der Waals surface area contributed by atoms with Crippen LogP contribution in [0.3, 0.4) is 0 Å². The molecule has 1 fully saturated rings. The summed E-state index contributed by atoms with van der Waals surface area (Å²) in [4.78, 5) is 6.44. The zero-order valence-corrected chi connectivity index (χ0v) is 11.0. The Morgan fingerprint density at radius 3 is 2.18 bits per heavy atom. The molecule has 120 valence electrons. The zero-order chi connectivity index (χ0) is 16.3. The summed E-state index contributed by atoms with van der Waals surface area (Å²) in [5.74, 6) is 0.111. The fraction of sp³-hybridized carbons (Fsp3) is 0.462. The van der Waals surface area contributed by atoms with Crippen molar-refractivity contribution in [2.75, 3.05) is 0 Å². The highest BCUT2D eigenvalue weighted by atomic mass is 19.4. The first-order chi connectivity index (χ1) is 10.1. The van der Waals surface area contributed by atoms with Gasteiger partial charge in [-0.05, 0) is 25.0 Å². The van der Waals surface area contributed by atoms with Crippen LogP contribution < -0.4 is 5.73 Å². The minimum atomic E-state index is -4.91. The normalized spacial score (nSPS) is 22.9. The lowest BCUT2D eigenvalue weighted by Crippen LogP contribution is -2.35. The summed E-state index contributed by atoms with van der Waals surface area (Å²) in [6, 6.07) is 0.699. The molecule has 9 heteroatoms. The Kier molecular flexibility index (Phi) is 3.17. The third kappa shape index (κ3) is 2.53. The van der Waals surface area contributed by atoms with Crippen LogP contribution in [0.4, 0.5) is 26.3 Å². The maximum absolute atomic E-state index is 13.0. The predicted molar refractivity (Wildman–Crippen MR) is 66.0 cm³/mol. The van der Waals surface area contributed by atoms with Gasteiger partial charge in [-0.2, -0.15) is 26.3 Å². The van der Waals surface area contributed by atoms with Crippen LogP contribution in [0.15, 0.2) is 12.1 Å². The number of imidazole rings is 1. The van der Waals surface area contributed by atoms with Gasteiger partial charge in [-0.3, -0.25) is 0 Å². The molecule has 3 rings (SSSR count). The lowest BCUT2D eigenvalue weighted by atomic mass is 9.80. The van der Waals surface area contributed by atoms with Gasteiger partial charge in [-0.1, -0.05) is 0 Å². The molecule has 0 saturated heterocycles. The number of halogens is 6. The van der Waals surface area contributed by atoms with Crippen molar-refractivity contribution in [3.63, 3.8) is 0 Å². The van der Waals surface area contributed by atoms with Crippen LogP contribution in [-0.4, -0.2) is 16.0 Å². The van der Waals surface area contributed by atoms with E-state index in [1.807, 2.05) is 0 Å². The largest absolute Gasteiger partial charge is 0.418 e. The molecule has 1 aromatic heterocycles. The van der Waals surface area contributed by atoms with E-state index in [9.17, 15) is 26.3 Å². The van der Waals surface area contributed by atoms with Crippen molar-refractivity contribution < 1.29 is 26.3 Å². The van der Waals surface area contributed by atoms with E-state index in [0.717, 1.165) is 0 Å². The summed E-state index contributed by atoms with van der Waals surface area (Å²) >= 11 is 0. The second-order valence-electron chi connectivity index (χ2n) is 5.47. The average Bonchev–Trinajstić information content (AvgIpc) is 2.74. The van der Waals surface area contributed by atoms with E-state index in [4.69, 9.17) is 5.73 Å². The van der Waals surface area contributed by atoms with Crippen LogP contribution in [0.5, 0.6) is 0 Å². The average molecular weight is 323 g/mol. The van der Waals surface area contributed by atoms with Gasteiger partial charge in [0.1, 0.15) is 11.3 Å². The number of H-pyrrole nitrogens is 1. The molecule has 3 nitrogen and oxygen atoms in total. The molecule has 0 atom stereocenters. The number of fused-ring (bicyclic) bond motifs is 1. The maximum atomic E-state index is 13.0. The molecule has 0 amide bonds. The van der Waals surface area contributed by atoms with Crippen LogP contribution in [0.25, 0.3) is 11.0 Å². The molecular formula is C13H11F6N3. The topological polar surface area (TPSA) is 54.7 Å². The van der Waals surface area contributed by atoms with Crippen LogP contribution >= 0.6 is 0 Å². The molecule has 22 heavy (non-hydrogen) atoms. The SMILES string of the molecule is N[C@H]1C[C@H](c2nc3c(C(F)(F)F)cc(C(F)(F)F)cc3[nH]2)C1. The van der Waals surface area contributed by atoms with E-state index in [1.54, 1.807) is 0 Å². The minimum absolute atomic E-state index is 0.0500. The van der Waals surface area contributed by atoms with E-state index in [0.29, 0.717) is 18.9 Å². The molecular weight excluding hydrogens is 312 g/mol. The van der Waals surface area contributed by atoms with Crippen molar-refractivity contribution in [1.29, 1.82) is 0 Å². The first-order valence-corrected chi connectivity index (χ1v) is 6.49. The van der Waals surface area contributed by atoms with Gasteiger partial charge in [0.2, 0.25) is 0 Å². The maximum Gasteiger partial charge on any atom is 0.418 e. The number of hydrogen-bond acceptors (Lipinski definition) is 2. The van der Waals surface area contributed by atoms with Crippen molar-refractivity contribution in [2.45, 2.75) is 37.2 Å². The predicted octanol–water partition coefficient (Wildman–Crippen LogP) is 3.81. The van der Waals surface area contributed by atoms with Crippen LogP contribution in [-0.2, 0) is 12.4 Å². The summed E-state index contributed by atoms with van der Waals surface area (Å²) in [5, 5.41) is 0. The van der Waals surface area contributed by atoms with Crippen molar-refractivity contribution in [3.8, 4) is 0 Å². The highest BCUT2D eigenvalue weighted by Crippen LogP contribution is 2.41. The number of nitrogens with two attached hydrogens (primary N) is 1. The number of alkyl halides is 6. The van der Waals surface area contributed by atoms with Crippen LogP contribution in [0, 0.1) is 0 Å². The zero-order valence-electron chi connectivity index (χ0n) is 11.0. The second kappa shape index (κ2) is 4.61. The van der Waals surface area contributed by atoms with Gasteiger partial charge >= 0.3 is 12.4 Å². The molecule has 1 aliphatic carbocycles. The lowest BCUT2D eigenvalue weighted by molar-refractivity contribution is -0.142. The first kappa shape index (κ1) is 15.1. The van der Waals surface area contributed by atoms with E-state index < -0.39 is 29.0 Å². The van der Waals surface area contributed by atoms with Gasteiger partial charge in [-0.25, -0.2) is 4.98 Å². The Morgan fingerprint density at radius 1 is 1.05 bits per heavy atom. The van der Waals surface area contributed by atoms with Crippen molar-refractivity contribution >= 4 is 11.0 Å². The highest BCUT2D eigenvalue weighted by Gasteiger charge is 2.40. The minimum Gasteiger partial charge on any atom is -0.342 e. The van der Waals surface area contributed by atoms with E-state index in [2.05, 4.69) is 9.97 Å². The fourth-order valence-corrected chi connectivity index (χ4v) is 2.59. The molecule has 0 spiro atoms. The number of hydrogen-bond donors (Lipinski definition) is 2. The summed E-state index contributed by atoms with van der Waals surface area (Å²) in [6.45, 7) is 0. The Hall–Kier alpha value is -1.77. The highest BCUT2D eigenvalue weighted by molar-refractivity contribution is 5.80. The molecule has 0 radical (unpaired) electrons. The third-order valence-electron chi connectivity index (χ3n) is 3.80. The van der Waals surface area contributed by atoms with E-state index in [1.165, 1.54) is 0 Å². The van der Waals surface area contributed by atoms with E-state index in [-0.39, 0.29) is 29.4 Å². The first-order valence-electron chi connectivity index (χ1n) is 6.49. The molecule has 1 heterocycles. The second-order valence-corrected chi connectivity index (χ2v) is 5.47. The number of nitrogens with one attached hydrogen (secondary N) is 1. The van der Waals surface area contributed by atoms with Crippen molar-refractivity contribution in [1.82, 2.24) is 9.97 Å². The van der Waals surface area contributed by atoms with E-state index >= 15 is 0 Å². The van der Waals surface area contributed by atoms with Gasteiger partial charge < -0.3 is 10.7 Å². The Labute approximate surface area is 120 Å².